The number of halogens is 1. The normalized spacial score (nSPS) is 14.8. The van der Waals surface area contributed by atoms with Crippen LogP contribution in [0.15, 0.2) is 58.3 Å². The number of amides is 2. The summed E-state index contributed by atoms with van der Waals surface area (Å²) in [4.78, 5) is 31.2. The highest BCUT2D eigenvalue weighted by Crippen LogP contribution is 2.27. The van der Waals surface area contributed by atoms with Crippen molar-refractivity contribution in [2.24, 2.45) is 0 Å². The van der Waals surface area contributed by atoms with Crippen LogP contribution in [0.4, 0.5) is 4.39 Å². The predicted octanol–water partition coefficient (Wildman–Crippen LogP) is 4.66. The first-order chi connectivity index (χ1) is 18.5. The van der Waals surface area contributed by atoms with Crippen LogP contribution in [0.5, 0.6) is 0 Å². The van der Waals surface area contributed by atoms with Crippen LogP contribution < -0.4 is 5.32 Å². The van der Waals surface area contributed by atoms with E-state index in [1.807, 2.05) is 24.4 Å². The Morgan fingerprint density at radius 3 is 2.63 bits per heavy atom. The smallest absolute Gasteiger partial charge is 0.247 e. The molecule has 3 heterocycles. The number of aromatic nitrogens is 4. The van der Waals surface area contributed by atoms with Crippen LogP contribution in [0.25, 0.3) is 11.6 Å². The molecule has 0 spiro atoms. The van der Waals surface area contributed by atoms with Gasteiger partial charge in [-0.3, -0.25) is 9.59 Å². The van der Waals surface area contributed by atoms with E-state index in [-0.39, 0.29) is 36.8 Å². The predicted molar refractivity (Wildman–Crippen MR) is 139 cm³/mol. The van der Waals surface area contributed by atoms with E-state index in [4.69, 9.17) is 4.42 Å². The molecule has 1 saturated carbocycles. The highest BCUT2D eigenvalue weighted by atomic mass is 32.1. The van der Waals surface area contributed by atoms with Crippen molar-refractivity contribution < 1.29 is 18.4 Å². The van der Waals surface area contributed by atoms with E-state index in [0.29, 0.717) is 17.1 Å². The van der Waals surface area contributed by atoms with Gasteiger partial charge in [0.25, 0.3) is 0 Å². The molecule has 0 bridgehead atoms. The van der Waals surface area contributed by atoms with Crippen LogP contribution in [0.2, 0.25) is 0 Å². The van der Waals surface area contributed by atoms with E-state index < -0.39 is 11.9 Å². The van der Waals surface area contributed by atoms with Gasteiger partial charge in [0, 0.05) is 10.9 Å². The van der Waals surface area contributed by atoms with E-state index in [9.17, 15) is 14.0 Å². The number of hydrogen-bond acceptors (Lipinski definition) is 7. The molecule has 0 saturated heterocycles. The standard InChI is InChI=1S/C27H29FN6O3S/c1-18-9-14-23(37-18)26-30-32-34(31-26)17-24(35)33(16-22-8-5-15-38-22)25(19-10-12-20(28)13-11-19)27(36)29-21-6-3-2-4-7-21/h5,8-15,21,25H,2-4,6-7,16-17H2,1H3,(H,29,36)/t25-/m1/s1. The quantitative estimate of drug-likeness (QED) is 0.334. The summed E-state index contributed by atoms with van der Waals surface area (Å²) >= 11 is 1.49. The Balaban J connectivity index is 1.44. The van der Waals surface area contributed by atoms with Gasteiger partial charge in [-0.15, -0.1) is 21.5 Å². The van der Waals surface area contributed by atoms with Gasteiger partial charge in [-0.1, -0.05) is 37.5 Å². The van der Waals surface area contributed by atoms with Gasteiger partial charge in [-0.2, -0.15) is 4.80 Å². The largest absolute Gasteiger partial charge is 0.458 e. The van der Waals surface area contributed by atoms with Gasteiger partial charge in [-0.25, -0.2) is 4.39 Å². The van der Waals surface area contributed by atoms with Crippen LogP contribution in [0, 0.1) is 12.7 Å². The monoisotopic (exact) mass is 536 g/mol. The zero-order valence-corrected chi connectivity index (χ0v) is 21.9. The van der Waals surface area contributed by atoms with E-state index in [0.717, 1.165) is 37.0 Å². The van der Waals surface area contributed by atoms with Crippen LogP contribution in [0.3, 0.4) is 0 Å². The molecule has 1 atom stereocenters. The van der Waals surface area contributed by atoms with Gasteiger partial charge in [0.2, 0.25) is 17.6 Å². The van der Waals surface area contributed by atoms with Crippen LogP contribution in [-0.4, -0.2) is 43.0 Å². The van der Waals surface area contributed by atoms with Crippen molar-refractivity contribution in [1.82, 2.24) is 30.4 Å². The van der Waals surface area contributed by atoms with Gasteiger partial charge >= 0.3 is 0 Å². The van der Waals surface area contributed by atoms with Gasteiger partial charge in [0.15, 0.2) is 5.76 Å². The second-order valence-electron chi connectivity index (χ2n) is 9.45. The fraction of sp³-hybridized carbons (Fsp3) is 0.370. The number of thiophene rings is 1. The second-order valence-corrected chi connectivity index (χ2v) is 10.5. The Labute approximate surface area is 223 Å². The molecule has 4 aromatic rings. The molecule has 1 aliphatic rings. The lowest BCUT2D eigenvalue weighted by Gasteiger charge is -2.33. The molecule has 1 aliphatic carbocycles. The number of tetrazole rings is 1. The van der Waals surface area contributed by atoms with Gasteiger partial charge < -0.3 is 14.6 Å². The van der Waals surface area contributed by atoms with E-state index in [1.165, 1.54) is 33.2 Å². The zero-order chi connectivity index (χ0) is 26.5. The summed E-state index contributed by atoms with van der Waals surface area (Å²) in [6, 6.07) is 12.2. The van der Waals surface area contributed by atoms with Crippen LogP contribution in [-0.2, 0) is 22.7 Å². The number of nitrogens with one attached hydrogen (secondary N) is 1. The molecule has 3 aromatic heterocycles. The second kappa shape index (κ2) is 11.7. The average Bonchev–Trinajstić information content (AvgIpc) is 3.68. The van der Waals surface area contributed by atoms with Crippen molar-refractivity contribution in [1.29, 1.82) is 0 Å². The number of hydrogen-bond donors (Lipinski definition) is 1. The maximum Gasteiger partial charge on any atom is 0.247 e. The van der Waals surface area contributed by atoms with Crippen molar-refractivity contribution in [2.45, 2.75) is 64.2 Å². The number of carbonyl (C=O) groups is 2. The van der Waals surface area contributed by atoms with Crippen molar-refractivity contribution in [3.05, 3.63) is 75.9 Å². The molecule has 1 N–H and O–H groups in total. The van der Waals surface area contributed by atoms with Gasteiger partial charge in [0.1, 0.15) is 24.2 Å². The van der Waals surface area contributed by atoms with Crippen molar-refractivity contribution in [3.8, 4) is 11.6 Å². The lowest BCUT2D eigenvalue weighted by atomic mass is 9.94. The minimum Gasteiger partial charge on any atom is -0.458 e. The third-order valence-corrected chi connectivity index (χ3v) is 7.48. The molecule has 0 aliphatic heterocycles. The fourth-order valence-corrected chi connectivity index (χ4v) is 5.42. The summed E-state index contributed by atoms with van der Waals surface area (Å²) in [5, 5.41) is 17.4. The molecule has 11 heteroatoms. The molecule has 9 nitrogen and oxygen atoms in total. The number of nitrogens with zero attached hydrogens (tertiary/aromatic N) is 5. The number of carbonyl (C=O) groups excluding carboxylic acids is 2. The maximum absolute atomic E-state index is 13.8. The van der Waals surface area contributed by atoms with E-state index in [1.54, 1.807) is 24.3 Å². The Morgan fingerprint density at radius 2 is 1.95 bits per heavy atom. The first-order valence-electron chi connectivity index (χ1n) is 12.7. The molecular formula is C27H29FN6O3S. The summed E-state index contributed by atoms with van der Waals surface area (Å²) in [5.74, 6) is 0.357. The third kappa shape index (κ3) is 6.16. The lowest BCUT2D eigenvalue weighted by Crippen LogP contribution is -2.47. The van der Waals surface area contributed by atoms with Crippen LogP contribution >= 0.6 is 11.3 Å². The first kappa shape index (κ1) is 25.8. The van der Waals surface area contributed by atoms with E-state index >= 15 is 0 Å². The minimum absolute atomic E-state index is 0.0502. The molecule has 5 rings (SSSR count). The van der Waals surface area contributed by atoms with Gasteiger partial charge in [0.05, 0.1) is 6.54 Å². The molecule has 2 amide bonds. The summed E-state index contributed by atoms with van der Waals surface area (Å²) in [7, 11) is 0. The highest BCUT2D eigenvalue weighted by molar-refractivity contribution is 7.09. The average molecular weight is 537 g/mol. The summed E-state index contributed by atoms with van der Waals surface area (Å²) in [5.41, 5.74) is 0.530. The van der Waals surface area contributed by atoms with Crippen molar-refractivity contribution in [2.75, 3.05) is 0 Å². The minimum atomic E-state index is -0.956. The molecular weight excluding hydrogens is 507 g/mol. The summed E-state index contributed by atoms with van der Waals surface area (Å²) in [6.45, 7) is 1.79. The van der Waals surface area contributed by atoms with Gasteiger partial charge in [-0.05, 0) is 66.3 Å². The topological polar surface area (TPSA) is 106 Å². The van der Waals surface area contributed by atoms with Crippen molar-refractivity contribution >= 4 is 23.2 Å². The van der Waals surface area contributed by atoms with Crippen LogP contribution in [0.1, 0.15) is 54.3 Å². The molecule has 198 valence electrons. The molecule has 1 fully saturated rings. The SMILES string of the molecule is Cc1ccc(-c2nnn(CC(=O)N(Cc3cccs3)[C@@H](C(=O)NC3CCCCC3)c3ccc(F)cc3)n2)o1. The highest BCUT2D eigenvalue weighted by Gasteiger charge is 2.33. The first-order valence-corrected chi connectivity index (χ1v) is 13.6. The third-order valence-electron chi connectivity index (χ3n) is 6.61. The zero-order valence-electron chi connectivity index (χ0n) is 21.0. The fourth-order valence-electron chi connectivity index (χ4n) is 4.71. The molecule has 0 unspecified atom stereocenters. The van der Waals surface area contributed by atoms with Crippen molar-refractivity contribution in [3.63, 3.8) is 0 Å². The maximum atomic E-state index is 13.8. The number of rotatable bonds is 9. The summed E-state index contributed by atoms with van der Waals surface area (Å²) < 4.78 is 19.4. The molecule has 1 aromatic carbocycles. The lowest BCUT2D eigenvalue weighted by molar-refractivity contribution is -0.142. The number of aryl methyl sites for hydroxylation is 1. The summed E-state index contributed by atoms with van der Waals surface area (Å²) in [6.07, 6.45) is 5.07. The molecule has 0 radical (unpaired) electrons. The number of furan rings is 1. The Kier molecular flexibility index (Phi) is 7.92. The Morgan fingerprint density at radius 1 is 1.16 bits per heavy atom. The molecule has 38 heavy (non-hydrogen) atoms. The Hall–Kier alpha value is -3.86. The van der Waals surface area contributed by atoms with E-state index in [2.05, 4.69) is 20.7 Å². The Bertz CT molecular complexity index is 1360. The number of benzene rings is 1.